The van der Waals surface area contributed by atoms with Crippen molar-refractivity contribution in [1.29, 1.82) is 0 Å². The third-order valence-electron chi connectivity index (χ3n) is 2.36. The number of carbonyl (C=O) groups is 1. The lowest BCUT2D eigenvalue weighted by Gasteiger charge is -1.98. The van der Waals surface area contributed by atoms with E-state index in [4.69, 9.17) is 5.11 Å². The quantitative estimate of drug-likeness (QED) is 0.820. The van der Waals surface area contributed by atoms with Crippen molar-refractivity contribution in [2.75, 3.05) is 0 Å². The molecule has 0 saturated heterocycles. The average Bonchev–Trinajstić information content (AvgIpc) is 2.69. The van der Waals surface area contributed by atoms with Crippen LogP contribution in [0.15, 0.2) is 42.6 Å². The van der Waals surface area contributed by atoms with Gasteiger partial charge in [-0.25, -0.2) is 9.48 Å². The van der Waals surface area contributed by atoms with E-state index < -0.39 is 5.97 Å². The van der Waals surface area contributed by atoms with Crippen molar-refractivity contribution in [3.05, 3.63) is 53.9 Å². The summed E-state index contributed by atoms with van der Waals surface area (Å²) in [6.45, 7) is 1.85. The van der Waals surface area contributed by atoms with Gasteiger partial charge in [0.2, 0.25) is 0 Å². The van der Waals surface area contributed by atoms with Crippen LogP contribution < -0.4 is 0 Å². The first-order chi connectivity index (χ1) is 8.16. The minimum atomic E-state index is -0.961. The van der Waals surface area contributed by atoms with Gasteiger partial charge in [0.05, 0.1) is 11.4 Å². The molecule has 0 bridgehead atoms. The number of carboxylic acid groups (broad SMARTS) is 1. The molecule has 4 nitrogen and oxygen atoms in total. The summed E-state index contributed by atoms with van der Waals surface area (Å²) in [5.41, 5.74) is 2.55. The summed E-state index contributed by atoms with van der Waals surface area (Å²) in [6.07, 6.45) is 4.47. The smallest absolute Gasteiger partial charge is 0.328 e. The molecular weight excluding hydrogens is 216 g/mol. The van der Waals surface area contributed by atoms with Gasteiger partial charge in [0.1, 0.15) is 0 Å². The summed E-state index contributed by atoms with van der Waals surface area (Å²) in [5.74, 6) is -0.961. The number of rotatable bonds is 3. The Labute approximate surface area is 98.8 Å². The number of para-hydroxylation sites is 1. The van der Waals surface area contributed by atoms with Crippen molar-refractivity contribution >= 4 is 12.0 Å². The Bertz CT molecular complexity index is 556. The fraction of sp³-hybridized carbons (Fsp3) is 0.0769. The van der Waals surface area contributed by atoms with Gasteiger partial charge in [-0.15, -0.1) is 0 Å². The van der Waals surface area contributed by atoms with Gasteiger partial charge in [-0.2, -0.15) is 5.10 Å². The molecule has 0 unspecified atom stereocenters. The van der Waals surface area contributed by atoms with E-state index >= 15 is 0 Å². The fourth-order valence-electron chi connectivity index (χ4n) is 1.51. The van der Waals surface area contributed by atoms with Crippen LogP contribution in [0.3, 0.4) is 0 Å². The molecule has 86 valence electrons. The first-order valence-corrected chi connectivity index (χ1v) is 5.19. The van der Waals surface area contributed by atoms with Gasteiger partial charge in [-0.1, -0.05) is 18.2 Å². The molecule has 2 aromatic rings. The zero-order valence-corrected chi connectivity index (χ0v) is 9.37. The topological polar surface area (TPSA) is 55.1 Å². The largest absolute Gasteiger partial charge is 0.478 e. The first-order valence-electron chi connectivity index (χ1n) is 5.19. The van der Waals surface area contributed by atoms with Crippen molar-refractivity contribution in [2.45, 2.75) is 6.92 Å². The molecule has 0 radical (unpaired) electrons. The Morgan fingerprint density at radius 3 is 2.71 bits per heavy atom. The average molecular weight is 228 g/mol. The van der Waals surface area contributed by atoms with Crippen LogP contribution in [0.2, 0.25) is 0 Å². The Hall–Kier alpha value is -2.36. The Balaban J connectivity index is 2.34. The van der Waals surface area contributed by atoms with E-state index in [2.05, 4.69) is 5.10 Å². The van der Waals surface area contributed by atoms with Crippen LogP contribution in [0, 0.1) is 6.92 Å². The van der Waals surface area contributed by atoms with Gasteiger partial charge in [-0.3, -0.25) is 0 Å². The van der Waals surface area contributed by atoms with Gasteiger partial charge >= 0.3 is 5.97 Å². The second-order valence-corrected chi connectivity index (χ2v) is 3.62. The summed E-state index contributed by atoms with van der Waals surface area (Å²) in [5, 5.41) is 12.9. The van der Waals surface area contributed by atoms with Crippen molar-refractivity contribution in [2.24, 2.45) is 0 Å². The zero-order chi connectivity index (χ0) is 12.3. The molecule has 0 aliphatic heterocycles. The van der Waals surface area contributed by atoms with E-state index in [0.717, 1.165) is 23.0 Å². The maximum Gasteiger partial charge on any atom is 0.328 e. The van der Waals surface area contributed by atoms with Crippen LogP contribution in [0.1, 0.15) is 11.3 Å². The number of nitrogens with zero attached hydrogens (tertiary/aromatic N) is 2. The number of carboxylic acids is 1. The molecule has 1 aromatic heterocycles. The molecule has 0 saturated carbocycles. The van der Waals surface area contributed by atoms with E-state index in [-0.39, 0.29) is 0 Å². The Morgan fingerprint density at radius 2 is 2.06 bits per heavy atom. The predicted molar refractivity (Wildman–Crippen MR) is 65.0 cm³/mol. The second kappa shape index (κ2) is 4.65. The highest BCUT2D eigenvalue weighted by molar-refractivity contribution is 5.85. The van der Waals surface area contributed by atoms with Crippen LogP contribution in [-0.2, 0) is 4.79 Å². The predicted octanol–water partition coefficient (Wildman–Crippen LogP) is 2.28. The number of hydrogen-bond donors (Lipinski definition) is 1. The third kappa shape index (κ3) is 2.60. The summed E-state index contributed by atoms with van der Waals surface area (Å²) < 4.78 is 1.73. The molecular formula is C13H12N2O2. The van der Waals surface area contributed by atoms with E-state index in [1.165, 1.54) is 0 Å². The molecule has 0 amide bonds. The first kappa shape index (κ1) is 11.1. The van der Waals surface area contributed by atoms with E-state index in [1.54, 1.807) is 10.8 Å². The minimum absolute atomic E-state index is 0.798. The third-order valence-corrected chi connectivity index (χ3v) is 2.36. The number of aliphatic carboxylic acids is 1. The lowest BCUT2D eigenvalue weighted by atomic mass is 10.2. The van der Waals surface area contributed by atoms with Crippen LogP contribution in [0.25, 0.3) is 11.8 Å². The van der Waals surface area contributed by atoms with Gasteiger partial charge < -0.3 is 5.11 Å². The SMILES string of the molecule is Cc1nn(-c2ccccc2)cc1/C=C/C(=O)O. The lowest BCUT2D eigenvalue weighted by Crippen LogP contribution is -1.93. The zero-order valence-electron chi connectivity index (χ0n) is 9.37. The number of benzene rings is 1. The molecule has 4 heteroatoms. The highest BCUT2D eigenvalue weighted by Crippen LogP contribution is 2.12. The van der Waals surface area contributed by atoms with Gasteiger partial charge in [0.25, 0.3) is 0 Å². The summed E-state index contributed by atoms with van der Waals surface area (Å²) >= 11 is 0. The summed E-state index contributed by atoms with van der Waals surface area (Å²) in [6, 6.07) is 9.68. The molecule has 0 aliphatic carbocycles. The summed E-state index contributed by atoms with van der Waals surface area (Å²) in [4.78, 5) is 10.4. The molecule has 0 atom stereocenters. The van der Waals surface area contributed by atoms with Gasteiger partial charge in [0, 0.05) is 17.8 Å². The summed E-state index contributed by atoms with van der Waals surface area (Å²) in [7, 11) is 0. The van der Waals surface area contributed by atoms with Crippen molar-refractivity contribution in [3.63, 3.8) is 0 Å². The number of aromatic nitrogens is 2. The molecule has 1 aromatic carbocycles. The molecule has 0 spiro atoms. The number of aryl methyl sites for hydroxylation is 1. The maximum atomic E-state index is 10.4. The number of hydrogen-bond acceptors (Lipinski definition) is 2. The molecule has 1 heterocycles. The lowest BCUT2D eigenvalue weighted by molar-refractivity contribution is -0.131. The van der Waals surface area contributed by atoms with E-state index in [9.17, 15) is 4.79 Å². The highest BCUT2D eigenvalue weighted by atomic mass is 16.4. The standard InChI is InChI=1S/C13H12N2O2/c1-10-11(7-8-13(16)17)9-15(14-10)12-5-3-2-4-6-12/h2-9H,1H3,(H,16,17)/b8-7+. The molecule has 0 aliphatic rings. The Kier molecular flexibility index (Phi) is 3.05. The fourth-order valence-corrected chi connectivity index (χ4v) is 1.51. The second-order valence-electron chi connectivity index (χ2n) is 3.62. The molecule has 1 N–H and O–H groups in total. The molecule has 2 rings (SSSR count). The van der Waals surface area contributed by atoms with Crippen molar-refractivity contribution < 1.29 is 9.90 Å². The highest BCUT2D eigenvalue weighted by Gasteiger charge is 2.03. The van der Waals surface area contributed by atoms with Gasteiger partial charge in [-0.05, 0) is 25.1 Å². The van der Waals surface area contributed by atoms with Crippen molar-refractivity contribution in [1.82, 2.24) is 9.78 Å². The van der Waals surface area contributed by atoms with E-state index in [0.29, 0.717) is 0 Å². The van der Waals surface area contributed by atoms with Crippen LogP contribution in [0.4, 0.5) is 0 Å². The molecule has 17 heavy (non-hydrogen) atoms. The van der Waals surface area contributed by atoms with E-state index in [1.807, 2.05) is 43.5 Å². The normalized spacial score (nSPS) is 10.9. The maximum absolute atomic E-state index is 10.4. The van der Waals surface area contributed by atoms with Crippen LogP contribution in [0.5, 0.6) is 0 Å². The monoisotopic (exact) mass is 228 g/mol. The van der Waals surface area contributed by atoms with Gasteiger partial charge in [0.15, 0.2) is 0 Å². The minimum Gasteiger partial charge on any atom is -0.478 e. The Morgan fingerprint density at radius 1 is 1.35 bits per heavy atom. The van der Waals surface area contributed by atoms with Crippen LogP contribution in [-0.4, -0.2) is 20.9 Å². The van der Waals surface area contributed by atoms with Crippen LogP contribution >= 0.6 is 0 Å². The van der Waals surface area contributed by atoms with Crippen molar-refractivity contribution in [3.8, 4) is 5.69 Å². The molecule has 0 fully saturated rings.